The average Bonchev–Trinajstić information content (AvgIpc) is 3.32. The van der Waals surface area contributed by atoms with Gasteiger partial charge in [0.15, 0.2) is 0 Å². The lowest BCUT2D eigenvalue weighted by Crippen LogP contribution is -2.47. The number of likely N-dealkylation sites (tertiary alicyclic amines) is 1. The molecule has 2 aromatic carbocycles. The second kappa shape index (κ2) is 8.06. The minimum absolute atomic E-state index is 0.0413. The monoisotopic (exact) mass is 377 g/mol. The van der Waals surface area contributed by atoms with E-state index in [-0.39, 0.29) is 11.9 Å². The second-order valence-corrected chi connectivity index (χ2v) is 8.40. The Morgan fingerprint density at radius 1 is 1.11 bits per heavy atom. The Morgan fingerprint density at radius 3 is 2.50 bits per heavy atom. The molecule has 0 unspecified atom stereocenters. The summed E-state index contributed by atoms with van der Waals surface area (Å²) < 4.78 is 0. The highest BCUT2D eigenvalue weighted by atomic mass is 16.2. The SMILES string of the molecule is CNC(=O)[C@@H]1C[C@@H](NCc2cc(C)ccc2C)CN1C1Cc2ccccc2C1. The Bertz CT molecular complexity index is 838. The van der Waals surface area contributed by atoms with Crippen molar-refractivity contribution in [2.75, 3.05) is 13.6 Å². The summed E-state index contributed by atoms with van der Waals surface area (Å²) in [5.41, 5.74) is 6.84. The molecule has 2 atom stereocenters. The second-order valence-electron chi connectivity index (χ2n) is 8.40. The van der Waals surface area contributed by atoms with Crippen LogP contribution in [-0.4, -0.2) is 42.5 Å². The number of nitrogens with one attached hydrogen (secondary N) is 2. The van der Waals surface area contributed by atoms with Gasteiger partial charge in [0.2, 0.25) is 5.91 Å². The van der Waals surface area contributed by atoms with E-state index in [4.69, 9.17) is 0 Å². The van der Waals surface area contributed by atoms with E-state index >= 15 is 0 Å². The predicted octanol–water partition coefficient (Wildman–Crippen LogP) is 2.75. The van der Waals surface area contributed by atoms with Crippen LogP contribution in [0.3, 0.4) is 0 Å². The standard InChI is InChI=1S/C24H31N3O/c1-16-8-9-17(2)20(10-16)14-26-21-13-23(24(28)25-3)27(15-21)22-11-18-6-4-5-7-19(18)12-22/h4-10,21-23,26H,11-15H2,1-3H3,(H,25,28)/t21-,23+/m1/s1. The van der Waals surface area contributed by atoms with Gasteiger partial charge in [-0.15, -0.1) is 0 Å². The molecule has 0 saturated carbocycles. The van der Waals surface area contributed by atoms with E-state index < -0.39 is 0 Å². The van der Waals surface area contributed by atoms with Crippen LogP contribution >= 0.6 is 0 Å². The summed E-state index contributed by atoms with van der Waals surface area (Å²) in [7, 11) is 1.75. The Labute approximate surface area is 168 Å². The van der Waals surface area contributed by atoms with Crippen molar-refractivity contribution >= 4 is 5.91 Å². The highest BCUT2D eigenvalue weighted by molar-refractivity contribution is 5.82. The van der Waals surface area contributed by atoms with Gasteiger partial charge in [0.1, 0.15) is 0 Å². The highest BCUT2D eigenvalue weighted by Crippen LogP contribution is 2.31. The number of carbonyl (C=O) groups excluding carboxylic acids is 1. The summed E-state index contributed by atoms with van der Waals surface area (Å²) in [6, 6.07) is 16.0. The number of rotatable bonds is 5. The molecule has 4 rings (SSSR count). The first-order valence-electron chi connectivity index (χ1n) is 10.4. The van der Waals surface area contributed by atoms with E-state index in [0.29, 0.717) is 12.1 Å². The van der Waals surface area contributed by atoms with Crippen LogP contribution < -0.4 is 10.6 Å². The molecule has 28 heavy (non-hydrogen) atoms. The van der Waals surface area contributed by atoms with Crippen molar-refractivity contribution in [2.45, 2.75) is 57.8 Å². The fourth-order valence-corrected chi connectivity index (χ4v) is 4.85. The molecule has 0 spiro atoms. The van der Waals surface area contributed by atoms with Crippen LogP contribution in [0.5, 0.6) is 0 Å². The van der Waals surface area contributed by atoms with Crippen molar-refractivity contribution in [3.8, 4) is 0 Å². The molecule has 1 amide bonds. The molecule has 1 aliphatic carbocycles. The normalized spacial score (nSPS) is 22.4. The lowest BCUT2D eigenvalue weighted by Gasteiger charge is -2.29. The number of benzene rings is 2. The van der Waals surface area contributed by atoms with Gasteiger partial charge in [-0.2, -0.15) is 0 Å². The highest BCUT2D eigenvalue weighted by Gasteiger charge is 2.41. The first-order chi connectivity index (χ1) is 13.5. The van der Waals surface area contributed by atoms with Gasteiger partial charge in [-0.25, -0.2) is 0 Å². The van der Waals surface area contributed by atoms with Crippen LogP contribution in [0.1, 0.15) is 34.2 Å². The Kier molecular flexibility index (Phi) is 5.51. The lowest BCUT2D eigenvalue weighted by molar-refractivity contribution is -0.125. The quantitative estimate of drug-likeness (QED) is 0.842. The third-order valence-corrected chi connectivity index (χ3v) is 6.47. The van der Waals surface area contributed by atoms with Gasteiger partial charge < -0.3 is 10.6 Å². The molecule has 1 fully saturated rings. The van der Waals surface area contributed by atoms with Crippen LogP contribution in [0.15, 0.2) is 42.5 Å². The largest absolute Gasteiger partial charge is 0.358 e. The van der Waals surface area contributed by atoms with Crippen molar-refractivity contribution in [3.63, 3.8) is 0 Å². The zero-order chi connectivity index (χ0) is 19.7. The van der Waals surface area contributed by atoms with Gasteiger partial charge >= 0.3 is 0 Å². The van der Waals surface area contributed by atoms with Crippen molar-refractivity contribution in [1.82, 2.24) is 15.5 Å². The molecule has 2 aromatic rings. The summed E-state index contributed by atoms with van der Waals surface area (Å²) >= 11 is 0. The topological polar surface area (TPSA) is 44.4 Å². The van der Waals surface area contributed by atoms with E-state index in [2.05, 4.69) is 71.8 Å². The molecular weight excluding hydrogens is 346 g/mol. The zero-order valence-corrected chi connectivity index (χ0v) is 17.2. The maximum atomic E-state index is 12.6. The zero-order valence-electron chi connectivity index (χ0n) is 17.2. The molecule has 148 valence electrons. The molecule has 1 saturated heterocycles. The first kappa shape index (κ1) is 19.2. The van der Waals surface area contributed by atoms with Crippen LogP contribution in [0.4, 0.5) is 0 Å². The number of likely N-dealkylation sites (N-methyl/N-ethyl adjacent to an activating group) is 1. The van der Waals surface area contributed by atoms with E-state index in [1.54, 1.807) is 7.05 Å². The number of fused-ring (bicyclic) bond motifs is 1. The molecule has 4 nitrogen and oxygen atoms in total. The maximum Gasteiger partial charge on any atom is 0.237 e. The molecule has 0 radical (unpaired) electrons. The van der Waals surface area contributed by atoms with E-state index in [1.807, 2.05) is 0 Å². The lowest BCUT2D eigenvalue weighted by atomic mass is 10.0. The third kappa shape index (κ3) is 3.85. The van der Waals surface area contributed by atoms with E-state index in [1.165, 1.54) is 27.8 Å². The van der Waals surface area contributed by atoms with Gasteiger partial charge in [-0.1, -0.05) is 48.0 Å². The van der Waals surface area contributed by atoms with Crippen molar-refractivity contribution in [3.05, 3.63) is 70.3 Å². The molecular formula is C24H31N3O. The number of hydrogen-bond donors (Lipinski definition) is 2. The number of nitrogens with zero attached hydrogens (tertiary/aromatic N) is 1. The Morgan fingerprint density at radius 2 is 1.82 bits per heavy atom. The van der Waals surface area contributed by atoms with E-state index in [0.717, 1.165) is 32.4 Å². The van der Waals surface area contributed by atoms with Gasteiger partial charge in [0.05, 0.1) is 6.04 Å². The summed E-state index contributed by atoms with van der Waals surface area (Å²) in [6.45, 7) is 6.10. The van der Waals surface area contributed by atoms with Crippen molar-refractivity contribution in [1.29, 1.82) is 0 Å². The van der Waals surface area contributed by atoms with Gasteiger partial charge in [0, 0.05) is 32.2 Å². The van der Waals surface area contributed by atoms with Gasteiger partial charge in [0.25, 0.3) is 0 Å². The fourth-order valence-electron chi connectivity index (χ4n) is 4.85. The minimum Gasteiger partial charge on any atom is -0.358 e. The number of hydrogen-bond acceptors (Lipinski definition) is 3. The van der Waals surface area contributed by atoms with Crippen LogP contribution in [0.2, 0.25) is 0 Å². The van der Waals surface area contributed by atoms with Crippen molar-refractivity contribution in [2.24, 2.45) is 0 Å². The maximum absolute atomic E-state index is 12.6. The average molecular weight is 378 g/mol. The van der Waals surface area contributed by atoms with E-state index in [9.17, 15) is 4.79 Å². The molecule has 0 bridgehead atoms. The molecule has 2 N–H and O–H groups in total. The number of carbonyl (C=O) groups is 1. The van der Waals surface area contributed by atoms with Crippen LogP contribution in [0, 0.1) is 13.8 Å². The molecule has 2 aliphatic rings. The van der Waals surface area contributed by atoms with Crippen molar-refractivity contribution < 1.29 is 4.79 Å². The molecule has 1 heterocycles. The third-order valence-electron chi connectivity index (χ3n) is 6.47. The summed E-state index contributed by atoms with van der Waals surface area (Å²) in [6.07, 6.45) is 2.97. The first-order valence-corrected chi connectivity index (χ1v) is 10.4. The minimum atomic E-state index is -0.0413. The molecule has 4 heteroatoms. The number of aryl methyl sites for hydroxylation is 2. The summed E-state index contributed by atoms with van der Waals surface area (Å²) in [4.78, 5) is 15.0. The molecule has 1 aliphatic heterocycles. The smallest absolute Gasteiger partial charge is 0.237 e. The van der Waals surface area contributed by atoms with Crippen LogP contribution in [-0.2, 0) is 24.2 Å². The van der Waals surface area contributed by atoms with Crippen LogP contribution in [0.25, 0.3) is 0 Å². The van der Waals surface area contributed by atoms with Gasteiger partial charge in [-0.3, -0.25) is 9.69 Å². The summed E-state index contributed by atoms with van der Waals surface area (Å²) in [5.74, 6) is 0.145. The van der Waals surface area contributed by atoms with Gasteiger partial charge in [-0.05, 0) is 55.4 Å². The summed E-state index contributed by atoms with van der Waals surface area (Å²) in [5, 5.41) is 6.61. The predicted molar refractivity (Wildman–Crippen MR) is 113 cm³/mol. The number of amides is 1. The Hall–Kier alpha value is -2.17. The Balaban J connectivity index is 1.45. The fraction of sp³-hybridized carbons (Fsp3) is 0.458. The molecule has 0 aromatic heterocycles.